The van der Waals surface area contributed by atoms with Crippen LogP contribution >= 0.6 is 0 Å². The summed E-state index contributed by atoms with van der Waals surface area (Å²) in [6.07, 6.45) is 3.80. The Bertz CT molecular complexity index is 540. The molecule has 0 fully saturated rings. The van der Waals surface area contributed by atoms with Gasteiger partial charge in [0.05, 0.1) is 0 Å². The van der Waals surface area contributed by atoms with Crippen LogP contribution in [0, 0.1) is 5.92 Å². The fraction of sp³-hybridized carbons (Fsp3) is 0.412. The Morgan fingerprint density at radius 1 is 1.42 bits per heavy atom. The zero-order chi connectivity index (χ0) is 14.0. The molecule has 2 rings (SSSR count). The van der Waals surface area contributed by atoms with Crippen LogP contribution in [0.4, 0.5) is 0 Å². The van der Waals surface area contributed by atoms with Gasteiger partial charge in [-0.3, -0.25) is 9.59 Å². The number of carbonyl (C=O) groups excluding carboxylic acids is 2. The van der Waals surface area contributed by atoms with Gasteiger partial charge in [-0.15, -0.1) is 0 Å². The molecule has 1 aliphatic rings. The first-order chi connectivity index (χ1) is 9.04. The highest BCUT2D eigenvalue weighted by molar-refractivity contribution is 6.09. The maximum Gasteiger partial charge on any atom is 0.188 e. The van der Waals surface area contributed by atoms with Crippen molar-refractivity contribution < 1.29 is 9.59 Å². The number of Topliss-reactive ketones (excluding diaryl/α,β-unsaturated/α-hetero) is 2. The van der Waals surface area contributed by atoms with E-state index in [0.29, 0.717) is 11.1 Å². The second-order valence-corrected chi connectivity index (χ2v) is 5.37. The summed E-state index contributed by atoms with van der Waals surface area (Å²) in [4.78, 5) is 24.2. The zero-order valence-electron chi connectivity index (χ0n) is 11.7. The Hall–Kier alpha value is -1.70. The van der Waals surface area contributed by atoms with Crippen molar-refractivity contribution in [1.82, 2.24) is 0 Å². The van der Waals surface area contributed by atoms with Gasteiger partial charge in [-0.05, 0) is 43.4 Å². The number of hydrogen-bond donors (Lipinski definition) is 0. The van der Waals surface area contributed by atoms with Crippen molar-refractivity contribution >= 4 is 11.6 Å². The Kier molecular flexibility index (Phi) is 3.98. The van der Waals surface area contributed by atoms with Crippen LogP contribution in [0.25, 0.3) is 0 Å². The summed E-state index contributed by atoms with van der Waals surface area (Å²) in [6, 6.07) is 5.43. The SMILES string of the molecule is C=C(C)C(=O)c1ccc2c(c1)CCC(CCC)C2=O. The second-order valence-electron chi connectivity index (χ2n) is 5.37. The van der Waals surface area contributed by atoms with Gasteiger partial charge in [-0.25, -0.2) is 0 Å². The molecule has 0 aromatic heterocycles. The highest BCUT2D eigenvalue weighted by Crippen LogP contribution is 2.29. The van der Waals surface area contributed by atoms with Crippen LogP contribution in [0.5, 0.6) is 0 Å². The number of ketones is 2. The summed E-state index contributed by atoms with van der Waals surface area (Å²) < 4.78 is 0. The summed E-state index contributed by atoms with van der Waals surface area (Å²) in [6.45, 7) is 7.50. The van der Waals surface area contributed by atoms with E-state index < -0.39 is 0 Å². The molecular weight excluding hydrogens is 236 g/mol. The van der Waals surface area contributed by atoms with Gasteiger partial charge in [0.2, 0.25) is 0 Å². The highest BCUT2D eigenvalue weighted by Gasteiger charge is 2.27. The zero-order valence-corrected chi connectivity index (χ0v) is 11.7. The molecular formula is C17H20O2. The van der Waals surface area contributed by atoms with Crippen molar-refractivity contribution in [2.75, 3.05) is 0 Å². The number of fused-ring (bicyclic) bond motifs is 1. The third-order valence-corrected chi connectivity index (χ3v) is 3.79. The maximum absolute atomic E-state index is 12.3. The average molecular weight is 256 g/mol. The highest BCUT2D eigenvalue weighted by atomic mass is 16.1. The molecule has 0 N–H and O–H groups in total. The predicted molar refractivity (Wildman–Crippen MR) is 76.6 cm³/mol. The lowest BCUT2D eigenvalue weighted by Gasteiger charge is -2.23. The Labute approximate surface area is 114 Å². The fourth-order valence-corrected chi connectivity index (χ4v) is 2.73. The summed E-state index contributed by atoms with van der Waals surface area (Å²) in [5.74, 6) is 0.378. The second kappa shape index (κ2) is 5.52. The third-order valence-electron chi connectivity index (χ3n) is 3.79. The standard InChI is InChI=1S/C17H20O2/c1-4-5-12-6-7-13-10-14(16(18)11(2)3)8-9-15(13)17(12)19/h8-10,12H,2,4-7H2,1,3H3. The first-order valence-electron chi connectivity index (χ1n) is 6.92. The number of aryl methyl sites for hydroxylation is 1. The van der Waals surface area contributed by atoms with Crippen molar-refractivity contribution in [2.24, 2.45) is 5.92 Å². The quantitative estimate of drug-likeness (QED) is 0.603. The molecule has 0 saturated heterocycles. The molecule has 1 aliphatic carbocycles. The van der Waals surface area contributed by atoms with Gasteiger partial charge < -0.3 is 0 Å². The van der Waals surface area contributed by atoms with Crippen molar-refractivity contribution in [3.8, 4) is 0 Å². The van der Waals surface area contributed by atoms with Crippen LogP contribution < -0.4 is 0 Å². The molecule has 1 atom stereocenters. The lowest BCUT2D eigenvalue weighted by Crippen LogP contribution is -2.22. The van der Waals surface area contributed by atoms with Crippen LogP contribution in [0.15, 0.2) is 30.4 Å². The van der Waals surface area contributed by atoms with E-state index in [-0.39, 0.29) is 17.5 Å². The lowest BCUT2D eigenvalue weighted by atomic mass is 9.80. The van der Waals surface area contributed by atoms with Crippen molar-refractivity contribution in [3.05, 3.63) is 47.0 Å². The monoisotopic (exact) mass is 256 g/mol. The number of allylic oxidation sites excluding steroid dienone is 1. The molecule has 0 spiro atoms. The molecule has 1 aromatic rings. The first-order valence-corrected chi connectivity index (χ1v) is 6.92. The minimum absolute atomic E-state index is 0.0362. The topological polar surface area (TPSA) is 34.1 Å². The average Bonchev–Trinajstić information content (AvgIpc) is 2.41. The lowest BCUT2D eigenvalue weighted by molar-refractivity contribution is 0.0893. The van der Waals surface area contributed by atoms with Crippen LogP contribution in [-0.4, -0.2) is 11.6 Å². The molecule has 1 unspecified atom stereocenters. The molecule has 0 radical (unpaired) electrons. The fourth-order valence-electron chi connectivity index (χ4n) is 2.73. The summed E-state index contributed by atoms with van der Waals surface area (Å²) in [5, 5.41) is 0. The number of rotatable bonds is 4. The van der Waals surface area contributed by atoms with Gasteiger partial charge in [-0.1, -0.05) is 32.1 Å². The van der Waals surface area contributed by atoms with Crippen molar-refractivity contribution in [2.45, 2.75) is 39.5 Å². The number of hydrogen-bond acceptors (Lipinski definition) is 2. The van der Waals surface area contributed by atoms with Gasteiger partial charge in [0.25, 0.3) is 0 Å². The van der Waals surface area contributed by atoms with E-state index in [9.17, 15) is 9.59 Å². The third kappa shape index (κ3) is 2.67. The minimum atomic E-state index is -0.0362. The normalized spacial score (nSPS) is 18.0. The Balaban J connectivity index is 2.31. The Morgan fingerprint density at radius 3 is 2.79 bits per heavy atom. The van der Waals surface area contributed by atoms with E-state index in [4.69, 9.17) is 0 Å². The first kappa shape index (κ1) is 13.7. The maximum atomic E-state index is 12.3. The molecule has 1 aromatic carbocycles. The van der Waals surface area contributed by atoms with Crippen LogP contribution in [0.2, 0.25) is 0 Å². The van der Waals surface area contributed by atoms with Crippen molar-refractivity contribution in [1.29, 1.82) is 0 Å². The summed E-state index contributed by atoms with van der Waals surface area (Å²) in [5.41, 5.74) is 3.01. The number of benzene rings is 1. The molecule has 0 saturated carbocycles. The van der Waals surface area contributed by atoms with Crippen LogP contribution in [-0.2, 0) is 6.42 Å². The molecule has 0 amide bonds. The Morgan fingerprint density at radius 2 is 2.16 bits per heavy atom. The van der Waals surface area contributed by atoms with E-state index in [1.807, 2.05) is 12.1 Å². The molecule has 0 heterocycles. The van der Waals surface area contributed by atoms with E-state index in [0.717, 1.165) is 36.8 Å². The minimum Gasteiger partial charge on any atom is -0.294 e. The molecule has 0 bridgehead atoms. The van der Waals surface area contributed by atoms with Gasteiger partial charge in [-0.2, -0.15) is 0 Å². The molecule has 19 heavy (non-hydrogen) atoms. The predicted octanol–water partition coefficient (Wildman–Crippen LogP) is 3.99. The molecule has 2 heteroatoms. The van der Waals surface area contributed by atoms with Crippen LogP contribution in [0.3, 0.4) is 0 Å². The van der Waals surface area contributed by atoms with E-state index in [1.54, 1.807) is 13.0 Å². The van der Waals surface area contributed by atoms with Crippen molar-refractivity contribution in [3.63, 3.8) is 0 Å². The molecule has 100 valence electrons. The van der Waals surface area contributed by atoms with Crippen LogP contribution in [0.1, 0.15) is 59.4 Å². The number of carbonyl (C=O) groups is 2. The van der Waals surface area contributed by atoms with Gasteiger partial charge >= 0.3 is 0 Å². The summed E-state index contributed by atoms with van der Waals surface area (Å²) in [7, 11) is 0. The van der Waals surface area contributed by atoms with E-state index in [2.05, 4.69) is 13.5 Å². The van der Waals surface area contributed by atoms with Gasteiger partial charge in [0, 0.05) is 17.0 Å². The van der Waals surface area contributed by atoms with Gasteiger partial charge in [0.1, 0.15) is 0 Å². The largest absolute Gasteiger partial charge is 0.294 e. The molecule has 0 aliphatic heterocycles. The summed E-state index contributed by atoms with van der Waals surface area (Å²) >= 11 is 0. The smallest absolute Gasteiger partial charge is 0.188 e. The van der Waals surface area contributed by atoms with E-state index >= 15 is 0 Å². The van der Waals surface area contributed by atoms with E-state index in [1.165, 1.54) is 0 Å². The van der Waals surface area contributed by atoms with Gasteiger partial charge in [0.15, 0.2) is 11.6 Å². The molecule has 2 nitrogen and oxygen atoms in total.